The molecule has 0 radical (unpaired) electrons. The third kappa shape index (κ3) is 31.9. The number of nitrogens with zero attached hydrogens (tertiary/aromatic N) is 4. The van der Waals surface area contributed by atoms with Crippen LogP contribution in [-0.4, -0.2) is 30.3 Å². The summed E-state index contributed by atoms with van der Waals surface area (Å²) >= 11 is -0.364. The molecule has 0 N–H and O–H groups in total. The Morgan fingerprint density at radius 3 is 1.23 bits per heavy atom. The SMILES string of the molecule is CC(C)[N]=[Mo]=[N]C(C)C.CCC(C)C([N-]C(C)C)[N-]C(C)C.C[C-](C)C. The molecule has 0 bridgehead atoms. The normalized spacial score (nSPS) is 12.1. The van der Waals surface area contributed by atoms with Gasteiger partial charge in [-0.1, -0.05) is 53.9 Å². The first-order valence-corrected chi connectivity index (χ1v) is 11.9. The molecule has 0 rings (SSSR count). The summed E-state index contributed by atoms with van der Waals surface area (Å²) in [5.41, 5.74) is 0. The second kappa shape index (κ2) is 20.0. The molecule has 0 aromatic heterocycles. The van der Waals surface area contributed by atoms with Crippen molar-refractivity contribution in [1.29, 1.82) is 0 Å². The molecular weight excluding hydrogens is 404 g/mol. The van der Waals surface area contributed by atoms with Gasteiger partial charge in [0, 0.05) is 0 Å². The van der Waals surface area contributed by atoms with Crippen molar-refractivity contribution >= 4 is 0 Å². The van der Waals surface area contributed by atoms with Gasteiger partial charge in [-0.15, -0.1) is 12.1 Å². The van der Waals surface area contributed by atoms with E-state index in [0.29, 0.717) is 30.1 Å². The van der Waals surface area contributed by atoms with Crippen molar-refractivity contribution in [3.8, 4) is 0 Å². The molecule has 0 saturated heterocycles. The zero-order chi connectivity index (χ0) is 21.3. The third-order valence-electron chi connectivity index (χ3n) is 2.57. The molecule has 0 aromatic carbocycles. The fourth-order valence-electron chi connectivity index (χ4n) is 1.37. The smallest absolute Gasteiger partial charge is 0.0566 e. The van der Waals surface area contributed by atoms with E-state index in [4.69, 9.17) is 0 Å². The van der Waals surface area contributed by atoms with Crippen molar-refractivity contribution in [1.82, 2.24) is 0 Å². The van der Waals surface area contributed by atoms with E-state index in [1.165, 1.54) is 5.92 Å². The van der Waals surface area contributed by atoms with Gasteiger partial charge in [0.15, 0.2) is 0 Å². The van der Waals surface area contributed by atoms with Crippen LogP contribution in [0.4, 0.5) is 0 Å². The minimum absolute atomic E-state index is 0.199. The first-order chi connectivity index (χ1) is 11.8. The molecule has 0 heterocycles. The maximum absolute atomic E-state index is 4.62. The maximum atomic E-state index is 4.62. The van der Waals surface area contributed by atoms with E-state index in [2.05, 4.69) is 108 Å². The Balaban J connectivity index is -0.000000352. The van der Waals surface area contributed by atoms with Gasteiger partial charge in [0.25, 0.3) is 0 Å². The summed E-state index contributed by atoms with van der Waals surface area (Å²) in [6, 6.07) is 1.74. The summed E-state index contributed by atoms with van der Waals surface area (Å²) in [5, 5.41) is 9.24. The minimum atomic E-state index is -0.364. The Morgan fingerprint density at radius 2 is 1.04 bits per heavy atom. The molecular formula is C21H47MoN4-3. The molecule has 0 aliphatic heterocycles. The van der Waals surface area contributed by atoms with Gasteiger partial charge in [-0.05, 0) is 0 Å². The largest absolute Gasteiger partial charge is 0.675 e. The predicted molar refractivity (Wildman–Crippen MR) is 116 cm³/mol. The van der Waals surface area contributed by atoms with Gasteiger partial charge in [-0.25, -0.2) is 6.17 Å². The van der Waals surface area contributed by atoms with E-state index in [1.807, 2.05) is 0 Å². The maximum Gasteiger partial charge on any atom is -0.0566 e. The standard InChI is InChI=1S/C11H24N2.C4H9.2C3H7N.Mo/c1-7-10(6)11(12-8(2)3)13-9(4)5;1-4(2)3;2*1-3(2)4;/h8-11H,7H2,1-6H3;1-3H3;2*3H,1-2H3;/q-2;-1;;;. The summed E-state index contributed by atoms with van der Waals surface area (Å²) in [7, 11) is 0. The fraction of sp³-hybridized carbons (Fsp3) is 0.952. The van der Waals surface area contributed by atoms with Crippen LogP contribution in [0.25, 0.3) is 10.6 Å². The second-order valence-electron chi connectivity index (χ2n) is 8.26. The summed E-state index contributed by atoms with van der Waals surface area (Å²) in [4.78, 5) is 0. The van der Waals surface area contributed by atoms with Crippen LogP contribution in [-0.2, 0) is 18.2 Å². The van der Waals surface area contributed by atoms with E-state index in [-0.39, 0.29) is 24.4 Å². The Labute approximate surface area is 174 Å². The summed E-state index contributed by atoms with van der Waals surface area (Å²) in [6.45, 7) is 27.5. The fourth-order valence-corrected chi connectivity index (χ4v) is 2.43. The molecule has 1 unspecified atom stereocenters. The zero-order valence-corrected chi connectivity index (χ0v) is 21.9. The molecule has 0 aromatic rings. The van der Waals surface area contributed by atoms with Gasteiger partial charge in [-0.2, -0.15) is 20.8 Å². The molecule has 0 aliphatic rings. The van der Waals surface area contributed by atoms with Crippen LogP contribution in [0.1, 0.15) is 96.4 Å². The van der Waals surface area contributed by atoms with E-state index in [9.17, 15) is 0 Å². The topological polar surface area (TPSA) is 52.9 Å². The van der Waals surface area contributed by atoms with Crippen LogP contribution < -0.4 is 0 Å². The summed E-state index contributed by atoms with van der Waals surface area (Å²) in [6.07, 6.45) is 1.35. The summed E-state index contributed by atoms with van der Waals surface area (Å²) < 4.78 is 8.66. The Kier molecular flexibility index (Phi) is 23.7. The molecule has 0 saturated carbocycles. The van der Waals surface area contributed by atoms with Crippen LogP contribution in [0.15, 0.2) is 6.99 Å². The average molecular weight is 452 g/mol. The van der Waals surface area contributed by atoms with Crippen molar-refractivity contribution in [2.45, 2.75) is 127 Å². The van der Waals surface area contributed by atoms with Crippen molar-refractivity contribution in [2.24, 2.45) is 12.9 Å². The van der Waals surface area contributed by atoms with Crippen molar-refractivity contribution < 1.29 is 18.2 Å². The zero-order valence-electron chi connectivity index (χ0n) is 19.9. The molecule has 0 spiro atoms. The van der Waals surface area contributed by atoms with E-state index < -0.39 is 0 Å². The Hall–Kier alpha value is 0.208. The second-order valence-corrected chi connectivity index (χ2v) is 9.70. The van der Waals surface area contributed by atoms with E-state index >= 15 is 0 Å². The molecule has 0 fully saturated rings. The minimum Gasteiger partial charge on any atom is -0.675 e. The first-order valence-electron chi connectivity index (χ1n) is 10.1. The Bertz CT molecular complexity index is 321. The van der Waals surface area contributed by atoms with Crippen LogP contribution in [0.3, 0.4) is 0 Å². The molecule has 4 nitrogen and oxygen atoms in total. The van der Waals surface area contributed by atoms with Crippen LogP contribution >= 0.6 is 0 Å². The van der Waals surface area contributed by atoms with Gasteiger partial charge in [0.2, 0.25) is 0 Å². The molecule has 5 heteroatoms. The van der Waals surface area contributed by atoms with Gasteiger partial charge in [-0.3, -0.25) is 0 Å². The number of rotatable bonds is 8. The Morgan fingerprint density at radius 1 is 0.731 bits per heavy atom. The summed E-state index contributed by atoms with van der Waals surface area (Å²) in [5.74, 6) is 1.99. The van der Waals surface area contributed by atoms with Crippen LogP contribution in [0.2, 0.25) is 0 Å². The quantitative estimate of drug-likeness (QED) is 0.267. The monoisotopic (exact) mass is 453 g/mol. The predicted octanol–water partition coefficient (Wildman–Crippen LogP) is 7.80. The molecule has 1 atom stereocenters. The van der Waals surface area contributed by atoms with Crippen molar-refractivity contribution in [3.63, 3.8) is 0 Å². The molecule has 160 valence electrons. The number of hydrogen-bond donors (Lipinski definition) is 0. The van der Waals surface area contributed by atoms with Gasteiger partial charge in [0.05, 0.1) is 0 Å². The van der Waals surface area contributed by atoms with Crippen molar-refractivity contribution in [2.75, 3.05) is 0 Å². The molecule has 0 aliphatic carbocycles. The number of hydrogen-bond acceptors (Lipinski definition) is 2. The van der Waals surface area contributed by atoms with E-state index in [0.717, 1.165) is 6.42 Å². The molecule has 26 heavy (non-hydrogen) atoms. The third-order valence-corrected chi connectivity index (χ3v) is 5.11. The van der Waals surface area contributed by atoms with Crippen LogP contribution in [0.5, 0.6) is 0 Å². The van der Waals surface area contributed by atoms with E-state index in [1.54, 1.807) is 0 Å². The first kappa shape index (κ1) is 30.9. The molecule has 0 amide bonds. The van der Waals surface area contributed by atoms with Crippen LogP contribution in [0, 0.1) is 11.8 Å². The van der Waals surface area contributed by atoms with Crippen molar-refractivity contribution in [3.05, 3.63) is 16.6 Å². The van der Waals surface area contributed by atoms with Gasteiger partial charge < -0.3 is 16.6 Å². The average Bonchev–Trinajstić information content (AvgIpc) is 2.44. The van der Waals surface area contributed by atoms with Gasteiger partial charge in [0.1, 0.15) is 0 Å². The van der Waals surface area contributed by atoms with Gasteiger partial charge >= 0.3 is 65.0 Å².